The van der Waals surface area contributed by atoms with Crippen molar-refractivity contribution in [2.45, 2.75) is 57.6 Å². The molecule has 1 unspecified atom stereocenters. The highest BCUT2D eigenvalue weighted by Crippen LogP contribution is 2.30. The summed E-state index contributed by atoms with van der Waals surface area (Å²) in [5.41, 5.74) is 3.89. The topological polar surface area (TPSA) is 34.6 Å². The van der Waals surface area contributed by atoms with E-state index in [2.05, 4.69) is 30.9 Å². The molecular formula is C19H30N2O2. The molecule has 2 saturated heterocycles. The summed E-state index contributed by atoms with van der Waals surface area (Å²) in [6, 6.07) is 4.54. The summed E-state index contributed by atoms with van der Waals surface area (Å²) in [4.78, 5) is 7.55. The highest BCUT2D eigenvalue weighted by molar-refractivity contribution is 5.29. The number of hydrogen-bond donors (Lipinski definition) is 0. The van der Waals surface area contributed by atoms with E-state index in [4.69, 9.17) is 14.5 Å². The van der Waals surface area contributed by atoms with Gasteiger partial charge in [0.15, 0.2) is 0 Å². The SMILES string of the molecule is CCC(C)c1ccc([C@@H]2CCOC2)c(CN2CC[C@@H](OC)C2)n1. The molecule has 23 heavy (non-hydrogen) atoms. The van der Waals surface area contributed by atoms with Crippen LogP contribution in [-0.2, 0) is 16.0 Å². The molecule has 0 aliphatic carbocycles. The van der Waals surface area contributed by atoms with E-state index in [0.717, 1.165) is 52.1 Å². The van der Waals surface area contributed by atoms with E-state index < -0.39 is 0 Å². The summed E-state index contributed by atoms with van der Waals surface area (Å²) in [5.74, 6) is 1.04. The van der Waals surface area contributed by atoms with E-state index in [-0.39, 0.29) is 0 Å². The summed E-state index contributed by atoms with van der Waals surface area (Å²) in [6.45, 7) is 9.29. The third-order valence-corrected chi connectivity index (χ3v) is 5.45. The molecule has 3 atom stereocenters. The summed E-state index contributed by atoms with van der Waals surface area (Å²) in [6.07, 6.45) is 3.76. The van der Waals surface area contributed by atoms with Crippen LogP contribution in [0.5, 0.6) is 0 Å². The van der Waals surface area contributed by atoms with Gasteiger partial charge in [0.2, 0.25) is 0 Å². The maximum absolute atomic E-state index is 5.61. The Bertz CT molecular complexity index is 514. The zero-order valence-electron chi connectivity index (χ0n) is 14.8. The van der Waals surface area contributed by atoms with Crippen molar-refractivity contribution in [1.29, 1.82) is 0 Å². The van der Waals surface area contributed by atoms with E-state index in [1.54, 1.807) is 0 Å². The molecule has 0 amide bonds. The normalized spacial score (nSPS) is 26.7. The van der Waals surface area contributed by atoms with Crippen molar-refractivity contribution < 1.29 is 9.47 Å². The first-order valence-corrected chi connectivity index (χ1v) is 9.03. The number of pyridine rings is 1. The first-order chi connectivity index (χ1) is 11.2. The summed E-state index contributed by atoms with van der Waals surface area (Å²) < 4.78 is 11.1. The van der Waals surface area contributed by atoms with E-state index in [0.29, 0.717) is 17.9 Å². The van der Waals surface area contributed by atoms with Crippen LogP contribution in [0.25, 0.3) is 0 Å². The van der Waals surface area contributed by atoms with E-state index in [1.807, 2.05) is 7.11 Å². The van der Waals surface area contributed by atoms with Crippen LogP contribution in [0.3, 0.4) is 0 Å². The molecule has 2 fully saturated rings. The fraction of sp³-hybridized carbons (Fsp3) is 0.737. The van der Waals surface area contributed by atoms with Crippen LogP contribution in [0.15, 0.2) is 12.1 Å². The molecule has 3 heterocycles. The zero-order valence-corrected chi connectivity index (χ0v) is 14.8. The molecule has 0 aromatic carbocycles. The van der Waals surface area contributed by atoms with Crippen molar-refractivity contribution in [3.05, 3.63) is 29.1 Å². The zero-order chi connectivity index (χ0) is 16.2. The number of rotatable bonds is 6. The molecule has 3 rings (SSSR count). The Morgan fingerprint density at radius 3 is 2.91 bits per heavy atom. The molecule has 0 bridgehead atoms. The fourth-order valence-corrected chi connectivity index (χ4v) is 3.64. The van der Waals surface area contributed by atoms with Gasteiger partial charge in [0.1, 0.15) is 0 Å². The lowest BCUT2D eigenvalue weighted by Crippen LogP contribution is -2.24. The Kier molecular flexibility index (Phi) is 5.67. The number of methoxy groups -OCH3 is 1. The smallest absolute Gasteiger partial charge is 0.0710 e. The van der Waals surface area contributed by atoms with Crippen molar-refractivity contribution >= 4 is 0 Å². The quantitative estimate of drug-likeness (QED) is 0.806. The molecule has 128 valence electrons. The molecule has 0 N–H and O–H groups in total. The van der Waals surface area contributed by atoms with Gasteiger partial charge >= 0.3 is 0 Å². The van der Waals surface area contributed by atoms with Crippen LogP contribution >= 0.6 is 0 Å². The molecule has 2 aliphatic heterocycles. The second-order valence-corrected chi connectivity index (χ2v) is 7.02. The average molecular weight is 318 g/mol. The van der Waals surface area contributed by atoms with E-state index >= 15 is 0 Å². The lowest BCUT2D eigenvalue weighted by molar-refractivity contribution is 0.107. The molecule has 0 saturated carbocycles. The number of nitrogens with zero attached hydrogens (tertiary/aromatic N) is 2. The molecule has 1 aromatic heterocycles. The standard InChI is InChI=1S/C19H30N2O2/c1-4-14(2)18-6-5-17(15-8-10-23-13-15)19(20-18)12-21-9-7-16(11-21)22-3/h5-6,14-16H,4,7-13H2,1-3H3/t14?,15-,16-/m1/s1. The second-order valence-electron chi connectivity index (χ2n) is 7.02. The molecule has 1 aromatic rings. The molecule has 0 radical (unpaired) electrons. The lowest BCUT2D eigenvalue weighted by atomic mass is 9.94. The average Bonchev–Trinajstić information content (AvgIpc) is 3.25. The highest BCUT2D eigenvalue weighted by atomic mass is 16.5. The number of aromatic nitrogens is 1. The third-order valence-electron chi connectivity index (χ3n) is 5.45. The lowest BCUT2D eigenvalue weighted by Gasteiger charge is -2.21. The van der Waals surface area contributed by atoms with Gasteiger partial charge in [-0.05, 0) is 36.8 Å². The maximum Gasteiger partial charge on any atom is 0.0710 e. The van der Waals surface area contributed by atoms with Crippen LogP contribution in [-0.4, -0.2) is 49.4 Å². The van der Waals surface area contributed by atoms with Gasteiger partial charge in [0.25, 0.3) is 0 Å². The number of likely N-dealkylation sites (tertiary alicyclic amines) is 1. The first kappa shape index (κ1) is 16.9. The predicted octanol–water partition coefficient (Wildman–Crippen LogP) is 3.32. The van der Waals surface area contributed by atoms with Gasteiger partial charge in [-0.2, -0.15) is 0 Å². The van der Waals surface area contributed by atoms with Gasteiger partial charge in [-0.1, -0.05) is 19.9 Å². The van der Waals surface area contributed by atoms with Crippen molar-refractivity contribution in [2.24, 2.45) is 0 Å². The van der Waals surface area contributed by atoms with Crippen LogP contribution in [0, 0.1) is 0 Å². The second kappa shape index (κ2) is 7.73. The minimum Gasteiger partial charge on any atom is -0.381 e. The summed E-state index contributed by atoms with van der Waals surface area (Å²) >= 11 is 0. The molecular weight excluding hydrogens is 288 g/mol. The van der Waals surface area contributed by atoms with Gasteiger partial charge in [-0.15, -0.1) is 0 Å². The van der Waals surface area contributed by atoms with Crippen LogP contribution in [0.1, 0.15) is 61.9 Å². The summed E-state index contributed by atoms with van der Waals surface area (Å²) in [7, 11) is 1.82. The van der Waals surface area contributed by atoms with Crippen LogP contribution < -0.4 is 0 Å². The maximum atomic E-state index is 5.61. The van der Waals surface area contributed by atoms with Gasteiger partial charge < -0.3 is 9.47 Å². The third kappa shape index (κ3) is 3.93. The number of ether oxygens (including phenoxy) is 2. The molecule has 4 heteroatoms. The first-order valence-electron chi connectivity index (χ1n) is 9.03. The summed E-state index contributed by atoms with van der Waals surface area (Å²) in [5, 5.41) is 0. The minimum atomic E-state index is 0.381. The Labute approximate surface area is 140 Å². The van der Waals surface area contributed by atoms with Gasteiger partial charge in [-0.3, -0.25) is 9.88 Å². The number of hydrogen-bond acceptors (Lipinski definition) is 4. The van der Waals surface area contributed by atoms with E-state index in [1.165, 1.54) is 17.0 Å². The monoisotopic (exact) mass is 318 g/mol. The van der Waals surface area contributed by atoms with E-state index in [9.17, 15) is 0 Å². The van der Waals surface area contributed by atoms with Crippen molar-refractivity contribution in [1.82, 2.24) is 9.88 Å². The van der Waals surface area contributed by atoms with Gasteiger partial charge in [0, 0.05) is 45.0 Å². The fourth-order valence-electron chi connectivity index (χ4n) is 3.64. The Morgan fingerprint density at radius 1 is 1.39 bits per heavy atom. The largest absolute Gasteiger partial charge is 0.381 e. The van der Waals surface area contributed by atoms with Crippen molar-refractivity contribution in [2.75, 3.05) is 33.4 Å². The van der Waals surface area contributed by atoms with Gasteiger partial charge in [0.05, 0.1) is 18.4 Å². The van der Waals surface area contributed by atoms with Gasteiger partial charge in [-0.25, -0.2) is 0 Å². The molecule has 0 spiro atoms. The minimum absolute atomic E-state index is 0.381. The van der Waals surface area contributed by atoms with Crippen molar-refractivity contribution in [3.8, 4) is 0 Å². The Hall–Kier alpha value is -0.970. The van der Waals surface area contributed by atoms with Crippen LogP contribution in [0.4, 0.5) is 0 Å². The Balaban J connectivity index is 1.81. The predicted molar refractivity (Wildman–Crippen MR) is 91.8 cm³/mol. The Morgan fingerprint density at radius 2 is 2.26 bits per heavy atom. The molecule has 2 aliphatic rings. The molecule has 4 nitrogen and oxygen atoms in total. The highest BCUT2D eigenvalue weighted by Gasteiger charge is 2.26. The van der Waals surface area contributed by atoms with Crippen LogP contribution in [0.2, 0.25) is 0 Å². The van der Waals surface area contributed by atoms with Crippen molar-refractivity contribution in [3.63, 3.8) is 0 Å².